The Hall–Kier alpha value is -7.30. The number of hydrogen-bond acceptors (Lipinski definition) is 2. The van der Waals surface area contributed by atoms with E-state index in [1.807, 2.05) is 12.4 Å². The van der Waals surface area contributed by atoms with Crippen molar-refractivity contribution in [1.82, 2.24) is 19.1 Å². The molecule has 4 nitrogen and oxygen atoms in total. The summed E-state index contributed by atoms with van der Waals surface area (Å²) in [6.45, 7) is 0. The molecule has 12 aromatic rings. The van der Waals surface area contributed by atoms with E-state index in [1.54, 1.807) is 0 Å². The van der Waals surface area contributed by atoms with Gasteiger partial charge in [-0.15, -0.1) is 0 Å². The molecule has 0 aliphatic carbocycles. The molecule has 0 aliphatic rings. The van der Waals surface area contributed by atoms with E-state index in [0.717, 1.165) is 44.2 Å². The largest absolute Gasteiger partial charge is 0.309 e. The van der Waals surface area contributed by atoms with Crippen molar-refractivity contribution in [3.05, 3.63) is 182 Å². The Morgan fingerprint density at radius 1 is 0.315 bits per heavy atom. The van der Waals surface area contributed by atoms with Crippen LogP contribution in [0.5, 0.6) is 0 Å². The third-order valence-electron chi connectivity index (χ3n) is 11.4. The molecule has 9 aromatic carbocycles. The fourth-order valence-electron chi connectivity index (χ4n) is 8.98. The zero-order chi connectivity index (χ0) is 35.3. The SMILES string of the molecule is c1ccc(-c2ccc(-n3c4cc5c(cc4c4c6ccccc6ccc43)c3cc4c6ccccc6n(-c6ccccc6)c4cc3c3nccnc53)cc2)cc1. The van der Waals surface area contributed by atoms with Gasteiger partial charge in [0, 0.05) is 56.1 Å². The van der Waals surface area contributed by atoms with Crippen molar-refractivity contribution in [3.8, 4) is 22.5 Å². The molecule has 0 bridgehead atoms. The summed E-state index contributed by atoms with van der Waals surface area (Å²) in [7, 11) is 0. The van der Waals surface area contributed by atoms with Gasteiger partial charge < -0.3 is 9.13 Å². The highest BCUT2D eigenvalue weighted by atomic mass is 15.0. The summed E-state index contributed by atoms with van der Waals surface area (Å²) in [5.41, 5.74) is 11.1. The van der Waals surface area contributed by atoms with Crippen LogP contribution in [0.3, 0.4) is 0 Å². The molecule has 0 saturated carbocycles. The molecule has 3 aromatic heterocycles. The summed E-state index contributed by atoms with van der Waals surface area (Å²) >= 11 is 0. The minimum absolute atomic E-state index is 0.907. The minimum Gasteiger partial charge on any atom is -0.309 e. The second-order valence-electron chi connectivity index (χ2n) is 14.2. The van der Waals surface area contributed by atoms with Crippen LogP contribution in [0.4, 0.5) is 0 Å². The third-order valence-corrected chi connectivity index (χ3v) is 11.4. The molecule has 0 radical (unpaired) electrons. The van der Waals surface area contributed by atoms with Gasteiger partial charge in [-0.1, -0.05) is 109 Å². The summed E-state index contributed by atoms with van der Waals surface area (Å²) in [5, 5.41) is 12.0. The number of aromatic nitrogens is 4. The van der Waals surface area contributed by atoms with Crippen molar-refractivity contribution in [1.29, 1.82) is 0 Å². The maximum absolute atomic E-state index is 5.04. The lowest BCUT2D eigenvalue weighted by Crippen LogP contribution is -1.95. The fraction of sp³-hybridized carbons (Fsp3) is 0. The molecule has 0 amide bonds. The number of hydrogen-bond donors (Lipinski definition) is 0. The number of para-hydroxylation sites is 2. The molecule has 0 unspecified atom stereocenters. The van der Waals surface area contributed by atoms with E-state index in [4.69, 9.17) is 9.97 Å². The summed E-state index contributed by atoms with van der Waals surface area (Å²) in [6.07, 6.45) is 3.64. The van der Waals surface area contributed by atoms with Crippen LogP contribution < -0.4 is 0 Å². The van der Waals surface area contributed by atoms with Crippen molar-refractivity contribution in [2.24, 2.45) is 0 Å². The molecule has 3 heterocycles. The Morgan fingerprint density at radius 2 is 0.870 bits per heavy atom. The second-order valence-corrected chi connectivity index (χ2v) is 14.2. The zero-order valence-electron chi connectivity index (χ0n) is 29.1. The van der Waals surface area contributed by atoms with Gasteiger partial charge in [0.1, 0.15) is 0 Å². The van der Waals surface area contributed by atoms with Crippen LogP contribution >= 0.6 is 0 Å². The van der Waals surface area contributed by atoms with Crippen LogP contribution in [0, 0.1) is 0 Å². The van der Waals surface area contributed by atoms with Gasteiger partial charge in [-0.2, -0.15) is 0 Å². The lowest BCUT2D eigenvalue weighted by atomic mass is 9.95. The van der Waals surface area contributed by atoms with Crippen molar-refractivity contribution in [2.75, 3.05) is 0 Å². The molecule has 54 heavy (non-hydrogen) atoms. The molecule has 250 valence electrons. The van der Waals surface area contributed by atoms with E-state index in [2.05, 4.69) is 179 Å². The molecule has 0 spiro atoms. The molecule has 0 atom stereocenters. The fourth-order valence-corrected chi connectivity index (χ4v) is 8.98. The molecule has 0 aliphatic heterocycles. The van der Waals surface area contributed by atoms with Crippen molar-refractivity contribution >= 4 is 87.0 Å². The topological polar surface area (TPSA) is 35.6 Å². The van der Waals surface area contributed by atoms with Crippen LogP contribution in [-0.4, -0.2) is 19.1 Å². The third kappa shape index (κ3) is 4.08. The Balaban J connectivity index is 1.23. The predicted octanol–water partition coefficient (Wildman–Crippen LogP) is 13.0. The molecular formula is C50H30N4. The van der Waals surface area contributed by atoms with Gasteiger partial charge in [-0.3, -0.25) is 9.97 Å². The quantitative estimate of drug-likeness (QED) is 0.173. The Labute approximate surface area is 309 Å². The van der Waals surface area contributed by atoms with Gasteiger partial charge in [0.15, 0.2) is 0 Å². The average molecular weight is 687 g/mol. The van der Waals surface area contributed by atoms with E-state index in [0.29, 0.717) is 0 Å². The highest BCUT2D eigenvalue weighted by Gasteiger charge is 2.21. The van der Waals surface area contributed by atoms with Crippen LogP contribution in [0.15, 0.2) is 182 Å². The van der Waals surface area contributed by atoms with Crippen molar-refractivity contribution in [2.45, 2.75) is 0 Å². The zero-order valence-corrected chi connectivity index (χ0v) is 29.1. The molecule has 0 N–H and O–H groups in total. The summed E-state index contributed by atoms with van der Waals surface area (Å²) < 4.78 is 4.80. The first kappa shape index (κ1) is 29.3. The van der Waals surface area contributed by atoms with E-state index in [-0.39, 0.29) is 0 Å². The van der Waals surface area contributed by atoms with Gasteiger partial charge in [-0.05, 0) is 93.3 Å². The number of rotatable bonds is 3. The monoisotopic (exact) mass is 686 g/mol. The van der Waals surface area contributed by atoms with Crippen LogP contribution in [0.1, 0.15) is 0 Å². The van der Waals surface area contributed by atoms with E-state index >= 15 is 0 Å². The van der Waals surface area contributed by atoms with Gasteiger partial charge in [-0.25, -0.2) is 0 Å². The summed E-state index contributed by atoms with van der Waals surface area (Å²) in [4.78, 5) is 10.1. The lowest BCUT2D eigenvalue weighted by molar-refractivity contribution is 1.18. The lowest BCUT2D eigenvalue weighted by Gasteiger charge is -2.13. The molecule has 0 fully saturated rings. The smallest absolute Gasteiger partial charge is 0.0972 e. The maximum Gasteiger partial charge on any atom is 0.0972 e. The van der Waals surface area contributed by atoms with Gasteiger partial charge in [0.2, 0.25) is 0 Å². The minimum atomic E-state index is 0.907. The van der Waals surface area contributed by atoms with Gasteiger partial charge in [0.25, 0.3) is 0 Å². The Bertz CT molecular complexity index is 3470. The standard InChI is InChI=1S/C50H30N4/c1-3-11-31(12-4-1)32-19-22-35(23-20-32)54-45-24-21-33-13-7-8-16-36(33)48(45)43-28-39-38-27-40-37-17-9-10-18-44(37)53(34-14-5-2-6-15-34)46(40)29-41(38)49-50(52-26-25-51-49)42(39)30-47(43)54/h1-30H. The first-order chi connectivity index (χ1) is 26.8. The average Bonchev–Trinajstić information content (AvgIpc) is 3.75. The van der Waals surface area contributed by atoms with E-state index < -0.39 is 0 Å². The first-order valence-corrected chi connectivity index (χ1v) is 18.4. The van der Waals surface area contributed by atoms with Crippen LogP contribution in [0.25, 0.3) is 109 Å². The summed E-state index contributed by atoms with van der Waals surface area (Å²) in [6, 6.07) is 61.7. The predicted molar refractivity (Wildman–Crippen MR) is 226 cm³/mol. The highest BCUT2D eigenvalue weighted by Crippen LogP contribution is 2.44. The Morgan fingerprint density at radius 3 is 1.61 bits per heavy atom. The van der Waals surface area contributed by atoms with Gasteiger partial charge >= 0.3 is 0 Å². The molecule has 0 saturated heterocycles. The van der Waals surface area contributed by atoms with E-state index in [9.17, 15) is 0 Å². The number of benzene rings is 9. The van der Waals surface area contributed by atoms with Crippen molar-refractivity contribution in [3.63, 3.8) is 0 Å². The van der Waals surface area contributed by atoms with Crippen LogP contribution in [-0.2, 0) is 0 Å². The number of nitrogens with zero attached hydrogens (tertiary/aromatic N) is 4. The normalized spacial score (nSPS) is 12.1. The highest BCUT2D eigenvalue weighted by molar-refractivity contribution is 6.31. The second kappa shape index (κ2) is 11.1. The van der Waals surface area contributed by atoms with Crippen LogP contribution in [0.2, 0.25) is 0 Å². The summed E-state index contributed by atoms with van der Waals surface area (Å²) in [5.74, 6) is 0. The first-order valence-electron chi connectivity index (χ1n) is 18.4. The molecule has 4 heteroatoms. The maximum atomic E-state index is 5.04. The number of fused-ring (bicyclic) bond motifs is 14. The molecular weight excluding hydrogens is 657 g/mol. The van der Waals surface area contributed by atoms with E-state index in [1.165, 1.54) is 65.3 Å². The van der Waals surface area contributed by atoms with Crippen molar-refractivity contribution < 1.29 is 0 Å². The van der Waals surface area contributed by atoms with Gasteiger partial charge in [0.05, 0.1) is 33.1 Å². The molecule has 12 rings (SSSR count). The Kier molecular flexibility index (Phi) is 6.02.